The molecular weight excluding hydrogens is 524 g/mol. The quantitative estimate of drug-likeness (QED) is 0.302. The van der Waals surface area contributed by atoms with Crippen LogP contribution in [-0.2, 0) is 16.6 Å². The Morgan fingerprint density at radius 1 is 0.872 bits per heavy atom. The number of hydrogen-bond acceptors (Lipinski definition) is 10. The molecular formula is C27H26N4O7S. The Labute approximate surface area is 225 Å². The molecule has 1 fully saturated rings. The van der Waals surface area contributed by atoms with E-state index in [1.54, 1.807) is 55.6 Å². The SMILES string of the molecule is COc1ccc(OCc2ccc(-c3nc(C#N)c(N4CCN(S(=O)(=O)c5ccc(OC)cc5)CC4)o3)o2)cc1. The molecule has 39 heavy (non-hydrogen) atoms. The fourth-order valence-electron chi connectivity index (χ4n) is 4.13. The molecule has 0 radical (unpaired) electrons. The van der Waals surface area contributed by atoms with Crippen molar-refractivity contribution in [3.63, 3.8) is 0 Å². The number of methoxy groups -OCH3 is 2. The summed E-state index contributed by atoms with van der Waals surface area (Å²) in [6.45, 7) is 1.30. The number of nitriles is 1. The third kappa shape index (κ3) is 5.55. The van der Waals surface area contributed by atoms with E-state index in [-0.39, 0.29) is 42.1 Å². The van der Waals surface area contributed by atoms with E-state index in [1.807, 2.05) is 4.90 Å². The summed E-state index contributed by atoms with van der Waals surface area (Å²) in [5, 5.41) is 9.66. The molecule has 4 aromatic rings. The lowest BCUT2D eigenvalue weighted by atomic mass is 10.3. The van der Waals surface area contributed by atoms with Gasteiger partial charge < -0.3 is 27.9 Å². The van der Waals surface area contributed by atoms with E-state index in [4.69, 9.17) is 23.0 Å². The number of hydrogen-bond donors (Lipinski definition) is 0. The van der Waals surface area contributed by atoms with Crippen molar-refractivity contribution in [1.29, 1.82) is 5.26 Å². The number of rotatable bonds is 9. The van der Waals surface area contributed by atoms with Gasteiger partial charge in [-0.1, -0.05) is 0 Å². The maximum absolute atomic E-state index is 13.1. The molecule has 2 aromatic carbocycles. The Balaban J connectivity index is 1.24. The van der Waals surface area contributed by atoms with Gasteiger partial charge in [0.05, 0.1) is 19.1 Å². The average Bonchev–Trinajstić information content (AvgIpc) is 3.64. The van der Waals surface area contributed by atoms with Crippen molar-refractivity contribution < 1.29 is 31.5 Å². The molecule has 2 aromatic heterocycles. The minimum Gasteiger partial charge on any atom is -0.497 e. The molecule has 202 valence electrons. The maximum atomic E-state index is 13.1. The molecule has 1 saturated heterocycles. The maximum Gasteiger partial charge on any atom is 0.266 e. The Morgan fingerprint density at radius 2 is 1.49 bits per heavy atom. The summed E-state index contributed by atoms with van der Waals surface area (Å²) in [7, 11) is -0.544. The highest BCUT2D eigenvalue weighted by atomic mass is 32.2. The van der Waals surface area contributed by atoms with E-state index in [0.717, 1.165) is 5.75 Å². The van der Waals surface area contributed by atoms with Gasteiger partial charge in [0.2, 0.25) is 21.6 Å². The monoisotopic (exact) mass is 550 g/mol. The molecule has 0 amide bonds. The Kier molecular flexibility index (Phi) is 7.44. The zero-order valence-corrected chi connectivity index (χ0v) is 22.2. The van der Waals surface area contributed by atoms with Crippen LogP contribution in [0.25, 0.3) is 11.7 Å². The van der Waals surface area contributed by atoms with Crippen molar-refractivity contribution in [3.8, 4) is 35.0 Å². The summed E-state index contributed by atoms with van der Waals surface area (Å²) in [4.78, 5) is 6.30. The molecule has 0 saturated carbocycles. The first-order valence-corrected chi connectivity index (χ1v) is 13.5. The number of oxazole rings is 1. The van der Waals surface area contributed by atoms with Crippen LogP contribution in [0.4, 0.5) is 5.88 Å². The van der Waals surface area contributed by atoms with Crippen molar-refractivity contribution in [3.05, 3.63) is 72.1 Å². The second-order valence-electron chi connectivity index (χ2n) is 8.58. The van der Waals surface area contributed by atoms with Gasteiger partial charge in [0.15, 0.2) is 5.76 Å². The van der Waals surface area contributed by atoms with Crippen molar-refractivity contribution in [2.75, 3.05) is 45.3 Å². The zero-order valence-electron chi connectivity index (χ0n) is 21.4. The molecule has 0 bridgehead atoms. The number of piperazine rings is 1. The van der Waals surface area contributed by atoms with Gasteiger partial charge >= 0.3 is 0 Å². The summed E-state index contributed by atoms with van der Waals surface area (Å²) in [6, 6.07) is 19.0. The molecule has 11 nitrogen and oxygen atoms in total. The van der Waals surface area contributed by atoms with Gasteiger partial charge in [0, 0.05) is 26.2 Å². The van der Waals surface area contributed by atoms with Crippen LogP contribution < -0.4 is 19.1 Å². The fourth-order valence-corrected chi connectivity index (χ4v) is 5.55. The second-order valence-corrected chi connectivity index (χ2v) is 10.5. The van der Waals surface area contributed by atoms with Crippen LogP contribution in [0.5, 0.6) is 17.2 Å². The van der Waals surface area contributed by atoms with Crippen LogP contribution in [0.15, 0.2) is 74.4 Å². The lowest BCUT2D eigenvalue weighted by Gasteiger charge is -2.33. The Hall–Kier alpha value is -4.47. The van der Waals surface area contributed by atoms with Crippen LogP contribution in [0.3, 0.4) is 0 Å². The lowest BCUT2D eigenvalue weighted by molar-refractivity contribution is 0.270. The standard InChI is InChI=1S/C27H26N4O7S/c1-34-19-3-5-21(6-4-19)36-18-22-9-12-25(37-22)26-29-24(17-28)27(38-26)30-13-15-31(16-14-30)39(32,33)23-10-7-20(35-2)8-11-23/h3-12H,13-16,18H2,1-2H3. The van der Waals surface area contributed by atoms with E-state index < -0.39 is 10.0 Å². The molecule has 0 N–H and O–H groups in total. The van der Waals surface area contributed by atoms with E-state index >= 15 is 0 Å². The van der Waals surface area contributed by atoms with E-state index in [0.29, 0.717) is 36.1 Å². The highest BCUT2D eigenvalue weighted by Crippen LogP contribution is 2.31. The van der Waals surface area contributed by atoms with E-state index in [9.17, 15) is 13.7 Å². The lowest BCUT2D eigenvalue weighted by Crippen LogP contribution is -2.48. The molecule has 3 heterocycles. The first kappa shape index (κ1) is 26.1. The van der Waals surface area contributed by atoms with Gasteiger partial charge in [0.1, 0.15) is 35.7 Å². The predicted octanol–water partition coefficient (Wildman–Crippen LogP) is 3.91. The molecule has 0 aliphatic carbocycles. The van der Waals surface area contributed by atoms with Crippen molar-refractivity contribution >= 4 is 15.9 Å². The van der Waals surface area contributed by atoms with Crippen molar-refractivity contribution in [2.24, 2.45) is 0 Å². The first-order chi connectivity index (χ1) is 18.9. The van der Waals surface area contributed by atoms with Crippen LogP contribution >= 0.6 is 0 Å². The van der Waals surface area contributed by atoms with Gasteiger partial charge in [0.25, 0.3) is 5.89 Å². The third-order valence-electron chi connectivity index (χ3n) is 6.25. The number of nitrogens with zero attached hydrogens (tertiary/aromatic N) is 4. The number of furan rings is 1. The number of benzene rings is 2. The predicted molar refractivity (Wildman–Crippen MR) is 140 cm³/mol. The van der Waals surface area contributed by atoms with Crippen molar-refractivity contribution in [2.45, 2.75) is 11.5 Å². The summed E-state index contributed by atoms with van der Waals surface area (Å²) in [6.07, 6.45) is 0. The Morgan fingerprint density at radius 3 is 2.10 bits per heavy atom. The highest BCUT2D eigenvalue weighted by Gasteiger charge is 2.31. The molecule has 1 aliphatic rings. The molecule has 0 unspecified atom stereocenters. The van der Waals surface area contributed by atoms with Crippen LogP contribution in [0.2, 0.25) is 0 Å². The normalized spacial score (nSPS) is 14.1. The van der Waals surface area contributed by atoms with Gasteiger partial charge in [-0.25, -0.2) is 8.42 Å². The number of anilines is 1. The van der Waals surface area contributed by atoms with Gasteiger partial charge in [-0.2, -0.15) is 14.6 Å². The van der Waals surface area contributed by atoms with Gasteiger partial charge in [-0.3, -0.25) is 0 Å². The van der Waals surface area contributed by atoms with Crippen molar-refractivity contribution in [1.82, 2.24) is 9.29 Å². The van der Waals surface area contributed by atoms with Gasteiger partial charge in [-0.05, 0) is 60.7 Å². The Bertz CT molecular complexity index is 1560. The molecule has 0 spiro atoms. The van der Waals surface area contributed by atoms with Crippen LogP contribution in [0, 0.1) is 11.3 Å². The molecule has 1 aliphatic heterocycles. The third-order valence-corrected chi connectivity index (χ3v) is 8.16. The second kappa shape index (κ2) is 11.1. The minimum absolute atomic E-state index is 0.101. The summed E-state index contributed by atoms with van der Waals surface area (Å²) in [5.74, 6) is 3.32. The topological polar surface area (TPSA) is 131 Å². The highest BCUT2D eigenvalue weighted by molar-refractivity contribution is 7.89. The van der Waals surface area contributed by atoms with Crippen LogP contribution in [0.1, 0.15) is 11.5 Å². The molecule has 12 heteroatoms. The number of sulfonamides is 1. The summed E-state index contributed by atoms with van der Waals surface area (Å²) < 4.78 is 55.3. The fraction of sp³-hybridized carbons (Fsp3) is 0.259. The average molecular weight is 551 g/mol. The smallest absolute Gasteiger partial charge is 0.266 e. The first-order valence-electron chi connectivity index (χ1n) is 12.1. The molecule has 5 rings (SSSR count). The number of aromatic nitrogens is 1. The minimum atomic E-state index is -3.67. The number of ether oxygens (including phenoxy) is 3. The van der Waals surface area contributed by atoms with E-state index in [2.05, 4.69) is 11.1 Å². The summed E-state index contributed by atoms with van der Waals surface area (Å²) >= 11 is 0. The largest absolute Gasteiger partial charge is 0.497 e. The van der Waals surface area contributed by atoms with Gasteiger partial charge in [-0.15, -0.1) is 0 Å². The summed E-state index contributed by atoms with van der Waals surface area (Å²) in [5.41, 5.74) is 0.101. The zero-order chi connectivity index (χ0) is 27.4. The molecule has 0 atom stereocenters. The van der Waals surface area contributed by atoms with Crippen LogP contribution in [-0.4, -0.2) is 58.1 Å². The van der Waals surface area contributed by atoms with E-state index in [1.165, 1.54) is 23.5 Å².